The average molecular weight is 1910 g/mol. The van der Waals surface area contributed by atoms with Crippen LogP contribution < -0.4 is 0 Å². The summed E-state index contributed by atoms with van der Waals surface area (Å²) in [6, 6.07) is 57.6. The summed E-state index contributed by atoms with van der Waals surface area (Å²) in [6.45, 7) is 68.5. The molecule has 8 aliphatic carbocycles. The highest BCUT2D eigenvalue weighted by Gasteiger charge is 2.46. The first-order valence-electron chi connectivity index (χ1n) is 48.3. The number of nitrogens with zero attached hydrogens (tertiary/aromatic N) is 1. The van der Waals surface area contributed by atoms with Gasteiger partial charge in [-0.05, 0) is 256 Å². The van der Waals surface area contributed by atoms with Crippen molar-refractivity contribution in [2.75, 3.05) is 28.4 Å². The second-order valence-corrected chi connectivity index (χ2v) is 40.8. The number of hydrogen-bond acceptors (Lipinski definition) is 19. The van der Waals surface area contributed by atoms with Gasteiger partial charge in [0.1, 0.15) is 41.7 Å². The Morgan fingerprint density at radius 2 is 0.590 bits per heavy atom. The summed E-state index contributed by atoms with van der Waals surface area (Å²) >= 11 is 0. The average Bonchev–Trinajstić information content (AvgIpc) is 1.48. The summed E-state index contributed by atoms with van der Waals surface area (Å²) in [4.78, 5) is 99.9. The first-order valence-corrected chi connectivity index (χ1v) is 48.3. The van der Waals surface area contributed by atoms with Crippen molar-refractivity contribution in [3.8, 4) is 0 Å². The summed E-state index contributed by atoms with van der Waals surface area (Å²) in [5, 5.41) is 8.81. The van der Waals surface area contributed by atoms with Crippen LogP contribution in [-0.4, -0.2) is 81.1 Å². The van der Waals surface area contributed by atoms with E-state index in [-0.39, 0.29) is 99.9 Å². The van der Waals surface area contributed by atoms with Crippen molar-refractivity contribution in [1.82, 2.24) is 0 Å². The fourth-order valence-electron chi connectivity index (χ4n) is 19.1. The Kier molecular flexibility index (Phi) is 44.5. The first-order chi connectivity index (χ1) is 65.0. The lowest BCUT2D eigenvalue weighted by Gasteiger charge is -2.44. The molecule has 8 aliphatic rings. The zero-order valence-corrected chi connectivity index (χ0v) is 88.0. The molecule has 20 nitrogen and oxygen atoms in total. The van der Waals surface area contributed by atoms with Crippen molar-refractivity contribution in [3.05, 3.63) is 343 Å². The number of ether oxygens (including phenoxy) is 9. The number of nitro groups is 1. The van der Waals surface area contributed by atoms with Gasteiger partial charge in [0.25, 0.3) is 0 Å². The molecule has 0 aromatic heterocycles. The van der Waals surface area contributed by atoms with E-state index < -0.39 is 16.1 Å². The zero-order valence-electron chi connectivity index (χ0n) is 88.0. The largest absolute Gasteiger partial charge is 0.469 e. The molecule has 0 heterocycles. The Hall–Kier alpha value is -12.2. The van der Waals surface area contributed by atoms with Crippen LogP contribution in [0.1, 0.15) is 350 Å². The lowest BCUT2D eigenvalue weighted by atomic mass is 9.63. The van der Waals surface area contributed by atoms with E-state index >= 15 is 0 Å². The summed E-state index contributed by atoms with van der Waals surface area (Å²) in [5.41, 5.74) is 19.8. The smallest absolute Gasteiger partial charge is 0.333 e. The number of esters is 8. The molecule has 7 aromatic rings. The van der Waals surface area contributed by atoms with Crippen LogP contribution in [-0.2, 0) is 127 Å². The fourth-order valence-corrected chi connectivity index (χ4v) is 19.1. The van der Waals surface area contributed by atoms with Crippen molar-refractivity contribution < 1.29 is 85.9 Å². The summed E-state index contributed by atoms with van der Waals surface area (Å²) in [6.07, 6.45) is 15.2. The molecule has 20 heteroatoms. The molecule has 15 rings (SSSR count). The van der Waals surface area contributed by atoms with Gasteiger partial charge in [0.2, 0.25) is 0 Å². The summed E-state index contributed by atoms with van der Waals surface area (Å²) < 4.78 is 47.5. The number of hydrogen-bond donors (Lipinski definition) is 0. The SMILES string of the molecule is C=C(C)C(=O)OC1(C)CC(C)Cc2ccccc21.C=C(C)C(=O)OC1(C)CCC(C)c2ccccc21.C=C(C)C(=O)OC1CC(C)(C)c2ccccc21.C=C(C)C(=O)OC1CC(C)(C)c2ccccc21.C=C(C)C(=O)OC1CC(C)(C)c2ccccc21.C=C(C)C(=O)OC1CC(C)(C)c2ccccc21.C=C(C)C(=O)OC1CC2(CCCCC2)Cc2ccccc21.CC.COC.COC(C)=O.C[N+](=O)[O-]. The lowest BCUT2D eigenvalue weighted by molar-refractivity contribution is -0.445. The quantitative estimate of drug-likeness (QED) is 0.0322. The van der Waals surface area contributed by atoms with Crippen molar-refractivity contribution in [1.29, 1.82) is 0 Å². The van der Waals surface area contributed by atoms with Gasteiger partial charge in [-0.15, -0.1) is 0 Å². The maximum atomic E-state index is 12.0. The van der Waals surface area contributed by atoms with Gasteiger partial charge in [-0.3, -0.25) is 14.9 Å². The van der Waals surface area contributed by atoms with Crippen molar-refractivity contribution in [2.24, 2.45) is 11.3 Å². The molecule has 1 saturated carbocycles. The molecular formula is C119H157NO19. The second-order valence-electron chi connectivity index (χ2n) is 40.8. The molecule has 0 N–H and O–H groups in total. The minimum absolute atomic E-state index is 0.0661. The molecule has 0 radical (unpaired) electrons. The number of carbonyl (C=O) groups excluding carboxylic acids is 8. The van der Waals surface area contributed by atoms with Gasteiger partial charge < -0.3 is 42.6 Å². The van der Waals surface area contributed by atoms with Crippen LogP contribution in [0.15, 0.2) is 255 Å². The van der Waals surface area contributed by atoms with Gasteiger partial charge in [-0.1, -0.05) is 318 Å². The van der Waals surface area contributed by atoms with E-state index in [1.807, 2.05) is 131 Å². The molecule has 0 amide bonds. The molecular weight excluding hydrogens is 1750 g/mol. The predicted octanol–water partition coefficient (Wildman–Crippen LogP) is 27.7. The van der Waals surface area contributed by atoms with Crippen LogP contribution in [0.25, 0.3) is 0 Å². The highest BCUT2D eigenvalue weighted by atomic mass is 16.6. The van der Waals surface area contributed by atoms with E-state index in [4.69, 9.17) is 43.3 Å². The van der Waals surface area contributed by atoms with Gasteiger partial charge in [0.15, 0.2) is 7.05 Å². The third kappa shape index (κ3) is 33.6. The molecule has 1 spiro atoms. The Morgan fingerprint density at radius 1 is 0.338 bits per heavy atom. The first kappa shape index (κ1) is 117. The van der Waals surface area contributed by atoms with Gasteiger partial charge >= 0.3 is 47.8 Å². The Balaban J connectivity index is 0.000000280. The number of fused-ring (bicyclic) bond motifs is 7. The molecule has 1 fully saturated rings. The maximum Gasteiger partial charge on any atom is 0.333 e. The van der Waals surface area contributed by atoms with E-state index in [1.165, 1.54) is 90.6 Å². The second kappa shape index (κ2) is 52.7. The van der Waals surface area contributed by atoms with Crippen LogP contribution in [0.2, 0.25) is 0 Å². The summed E-state index contributed by atoms with van der Waals surface area (Å²) in [7, 11) is 5.49. The molecule has 0 saturated heterocycles. The van der Waals surface area contributed by atoms with E-state index in [1.54, 1.807) is 62.7 Å². The third-order valence-electron chi connectivity index (χ3n) is 26.0. The fraction of sp³-hybridized carbons (Fsp3) is 0.462. The van der Waals surface area contributed by atoms with Crippen molar-refractivity contribution in [2.45, 2.75) is 318 Å². The Labute approximate surface area is 829 Å². The molecule has 0 aliphatic heterocycles. The van der Waals surface area contributed by atoms with Crippen molar-refractivity contribution in [3.63, 3.8) is 0 Å². The van der Waals surface area contributed by atoms with Gasteiger partial charge in [0, 0.05) is 65.1 Å². The van der Waals surface area contributed by atoms with Gasteiger partial charge in [0.05, 0.1) is 7.11 Å². The molecule has 752 valence electrons. The minimum atomic E-state index is -0.524. The van der Waals surface area contributed by atoms with Gasteiger partial charge in [-0.25, -0.2) is 33.6 Å². The number of benzene rings is 7. The van der Waals surface area contributed by atoms with Crippen LogP contribution in [0, 0.1) is 21.4 Å². The highest BCUT2D eigenvalue weighted by molar-refractivity contribution is 5.90. The third-order valence-corrected chi connectivity index (χ3v) is 26.0. The molecule has 139 heavy (non-hydrogen) atoms. The van der Waals surface area contributed by atoms with Crippen LogP contribution >= 0.6 is 0 Å². The maximum absolute atomic E-state index is 12.0. The standard InChI is InChI=1S/C19H24O2.2C16H20O2.4C15H18O2.C3H6O2.C2H6O.C2H6.CH3NO2/c1-14(2)18(20)21-17-13-19(10-6-3-7-11-19)12-15-8-4-5-9-16(15)17;1-11(2)15(17)18-16(4)10-12(3)9-13-7-5-6-8-14(13)16;1-11(2)15(17)18-16(4)10-9-12(3)13-7-5-6-8-14(13)16;4*1-10(2)14(16)17-13-9-15(3,4)12-8-6-5-7-11(12)13;1-3(4)5-2;1-3-2;1-2;1-2(3)4/h4-5,8-9,17H,1,3,6-7,10-13H2,2H3;2*5-8,12H,1,9-10H2,2-4H3;4*5-8,13H,1,9H2,2-4H3;1-2H3;1-2H3;1-2H3;1H3. The zero-order chi connectivity index (χ0) is 105. The number of rotatable bonds is 14. The van der Waals surface area contributed by atoms with Crippen LogP contribution in [0.3, 0.4) is 0 Å². The van der Waals surface area contributed by atoms with E-state index in [9.17, 15) is 38.4 Å². The monoisotopic (exact) mass is 1900 g/mol. The van der Waals surface area contributed by atoms with E-state index in [0.29, 0.717) is 56.3 Å². The Bertz CT molecular complexity index is 5150. The minimum Gasteiger partial charge on any atom is -0.469 e. The lowest BCUT2D eigenvalue weighted by Crippen LogP contribution is -2.36. The topological polar surface area (TPSA) is 263 Å². The highest BCUT2D eigenvalue weighted by Crippen LogP contribution is 2.54. The predicted molar refractivity (Wildman–Crippen MR) is 554 cm³/mol. The van der Waals surface area contributed by atoms with Crippen LogP contribution in [0.4, 0.5) is 0 Å². The van der Waals surface area contributed by atoms with Crippen LogP contribution in [0.5, 0.6) is 0 Å². The normalized spacial score (nSPS) is 21.1. The number of methoxy groups -OCH3 is 2. The van der Waals surface area contributed by atoms with Crippen molar-refractivity contribution >= 4 is 47.8 Å². The van der Waals surface area contributed by atoms with E-state index in [0.717, 1.165) is 105 Å². The summed E-state index contributed by atoms with van der Waals surface area (Å²) in [5.74, 6) is -1.29. The molecule has 7 aromatic carbocycles. The van der Waals surface area contributed by atoms with E-state index in [2.05, 4.69) is 191 Å². The van der Waals surface area contributed by atoms with Gasteiger partial charge in [-0.2, -0.15) is 0 Å². The Morgan fingerprint density at radius 3 is 0.892 bits per heavy atom. The molecule has 9 unspecified atom stereocenters. The molecule has 9 atom stereocenters. The molecule has 0 bridgehead atoms. The number of carbonyl (C=O) groups is 8.